The monoisotopic (exact) mass is 316 g/mol. The van der Waals surface area contributed by atoms with Crippen LogP contribution in [0.1, 0.15) is 21.7 Å². The Kier molecular flexibility index (Phi) is 3.98. The number of nitrogens with one attached hydrogen (secondary N) is 1. The number of alkyl halides is 3. The van der Waals surface area contributed by atoms with Crippen molar-refractivity contribution in [2.45, 2.75) is 13.1 Å². The molecule has 2 rings (SSSR count). The Hall–Kier alpha value is -2.71. The van der Waals surface area contributed by atoms with Gasteiger partial charge in [-0.05, 0) is 24.6 Å². The standard InChI is InChI=1S/C13H11F3N2O4/c1-6-3-8(19)7(4-9(6)21-2)12(20)17-11-5-10(22-18-11)13(14,15)16/h3-5,19H,1-2H3,(H,17,18,20). The second-order valence-electron chi connectivity index (χ2n) is 4.37. The van der Waals surface area contributed by atoms with Crippen LogP contribution in [0, 0.1) is 6.92 Å². The number of aromatic nitrogens is 1. The van der Waals surface area contributed by atoms with Crippen LogP contribution in [0.2, 0.25) is 0 Å². The predicted octanol–water partition coefficient (Wildman–Crippen LogP) is 2.97. The Bertz CT molecular complexity index is 710. The second kappa shape index (κ2) is 5.58. The largest absolute Gasteiger partial charge is 0.507 e. The van der Waals surface area contributed by atoms with E-state index in [4.69, 9.17) is 4.74 Å². The third-order valence-electron chi connectivity index (χ3n) is 2.79. The van der Waals surface area contributed by atoms with Crippen LogP contribution in [-0.4, -0.2) is 23.3 Å². The van der Waals surface area contributed by atoms with Crippen molar-refractivity contribution in [1.29, 1.82) is 0 Å². The normalized spacial score (nSPS) is 11.3. The maximum Gasteiger partial charge on any atom is 0.452 e. The lowest BCUT2D eigenvalue weighted by Crippen LogP contribution is -2.13. The number of benzene rings is 1. The summed E-state index contributed by atoms with van der Waals surface area (Å²) in [6.45, 7) is 1.66. The molecule has 0 aliphatic heterocycles. The van der Waals surface area contributed by atoms with Crippen molar-refractivity contribution in [2.24, 2.45) is 0 Å². The van der Waals surface area contributed by atoms with Crippen LogP contribution in [0.4, 0.5) is 19.0 Å². The molecule has 0 unspecified atom stereocenters. The number of carbonyl (C=O) groups is 1. The van der Waals surface area contributed by atoms with E-state index in [1.54, 1.807) is 6.92 Å². The van der Waals surface area contributed by atoms with Gasteiger partial charge in [-0.1, -0.05) is 5.16 Å². The van der Waals surface area contributed by atoms with Crippen molar-refractivity contribution in [2.75, 3.05) is 12.4 Å². The summed E-state index contributed by atoms with van der Waals surface area (Å²) in [5.41, 5.74) is 0.427. The van der Waals surface area contributed by atoms with E-state index >= 15 is 0 Å². The van der Waals surface area contributed by atoms with Crippen molar-refractivity contribution in [3.05, 3.63) is 35.1 Å². The first-order chi connectivity index (χ1) is 10.2. The van der Waals surface area contributed by atoms with Gasteiger partial charge in [0.15, 0.2) is 5.82 Å². The van der Waals surface area contributed by atoms with E-state index in [0.29, 0.717) is 17.4 Å². The molecular formula is C13H11F3N2O4. The molecule has 6 nitrogen and oxygen atoms in total. The summed E-state index contributed by atoms with van der Waals surface area (Å²) in [6.07, 6.45) is -4.70. The maximum atomic E-state index is 12.4. The van der Waals surface area contributed by atoms with Gasteiger partial charge in [-0.3, -0.25) is 4.79 Å². The van der Waals surface area contributed by atoms with Gasteiger partial charge in [0.1, 0.15) is 11.5 Å². The van der Waals surface area contributed by atoms with E-state index < -0.39 is 23.7 Å². The number of ether oxygens (including phenoxy) is 1. The minimum Gasteiger partial charge on any atom is -0.507 e. The molecule has 0 saturated heterocycles. The number of anilines is 1. The molecule has 0 spiro atoms. The van der Waals surface area contributed by atoms with Gasteiger partial charge in [0.05, 0.1) is 12.7 Å². The van der Waals surface area contributed by atoms with Crippen molar-refractivity contribution in [3.8, 4) is 11.5 Å². The highest BCUT2D eigenvalue weighted by atomic mass is 19.4. The fourth-order valence-corrected chi connectivity index (χ4v) is 1.73. The van der Waals surface area contributed by atoms with Crippen LogP contribution in [0.5, 0.6) is 11.5 Å². The van der Waals surface area contributed by atoms with Gasteiger partial charge in [-0.25, -0.2) is 0 Å². The number of phenols is 1. The van der Waals surface area contributed by atoms with Gasteiger partial charge in [0.25, 0.3) is 5.91 Å². The summed E-state index contributed by atoms with van der Waals surface area (Å²) in [5, 5.41) is 15.0. The molecule has 0 fully saturated rings. The summed E-state index contributed by atoms with van der Waals surface area (Å²) in [6, 6.07) is 3.11. The van der Waals surface area contributed by atoms with Crippen LogP contribution < -0.4 is 10.1 Å². The molecule has 1 aromatic heterocycles. The minimum atomic E-state index is -4.70. The van der Waals surface area contributed by atoms with Crippen LogP contribution in [0.3, 0.4) is 0 Å². The average molecular weight is 316 g/mol. The van der Waals surface area contributed by atoms with Crippen LogP contribution >= 0.6 is 0 Å². The van der Waals surface area contributed by atoms with E-state index in [1.807, 2.05) is 0 Å². The third kappa shape index (κ3) is 3.13. The van der Waals surface area contributed by atoms with Gasteiger partial charge in [-0.2, -0.15) is 13.2 Å². The van der Waals surface area contributed by atoms with Crippen LogP contribution in [0.25, 0.3) is 0 Å². The van der Waals surface area contributed by atoms with Gasteiger partial charge < -0.3 is 19.7 Å². The molecule has 22 heavy (non-hydrogen) atoms. The molecular weight excluding hydrogens is 305 g/mol. The van der Waals surface area contributed by atoms with E-state index in [1.165, 1.54) is 19.2 Å². The number of aryl methyl sites for hydroxylation is 1. The zero-order chi connectivity index (χ0) is 16.5. The third-order valence-corrected chi connectivity index (χ3v) is 2.79. The molecule has 9 heteroatoms. The summed E-state index contributed by atoms with van der Waals surface area (Å²) in [5.74, 6) is -2.60. The number of methoxy groups -OCH3 is 1. The SMILES string of the molecule is COc1cc(C(=O)Nc2cc(C(F)(F)F)on2)c(O)cc1C. The van der Waals surface area contributed by atoms with E-state index in [9.17, 15) is 23.1 Å². The first kappa shape index (κ1) is 15.7. The van der Waals surface area contributed by atoms with Crippen molar-refractivity contribution in [1.82, 2.24) is 5.16 Å². The Labute approximate surface area is 122 Å². The van der Waals surface area contributed by atoms with Crippen molar-refractivity contribution in [3.63, 3.8) is 0 Å². The fraction of sp³-hybridized carbons (Fsp3) is 0.231. The molecule has 0 aliphatic carbocycles. The van der Waals surface area contributed by atoms with Crippen molar-refractivity contribution < 1.29 is 32.3 Å². The predicted molar refractivity (Wildman–Crippen MR) is 68.9 cm³/mol. The molecule has 2 N–H and O–H groups in total. The molecule has 0 saturated carbocycles. The smallest absolute Gasteiger partial charge is 0.452 e. The Morgan fingerprint density at radius 3 is 2.59 bits per heavy atom. The Morgan fingerprint density at radius 2 is 2.05 bits per heavy atom. The molecule has 118 valence electrons. The van der Waals surface area contributed by atoms with E-state index in [-0.39, 0.29) is 11.3 Å². The quantitative estimate of drug-likeness (QED) is 0.909. The number of carbonyl (C=O) groups excluding carboxylic acids is 1. The topological polar surface area (TPSA) is 84.6 Å². The molecule has 0 atom stereocenters. The zero-order valence-electron chi connectivity index (χ0n) is 11.5. The molecule has 1 aromatic carbocycles. The molecule has 0 bridgehead atoms. The van der Waals surface area contributed by atoms with Crippen molar-refractivity contribution >= 4 is 11.7 Å². The lowest BCUT2D eigenvalue weighted by atomic mass is 10.1. The van der Waals surface area contributed by atoms with E-state index in [2.05, 4.69) is 15.0 Å². The highest BCUT2D eigenvalue weighted by Crippen LogP contribution is 2.31. The molecule has 1 amide bonds. The lowest BCUT2D eigenvalue weighted by Gasteiger charge is -2.09. The average Bonchev–Trinajstić information content (AvgIpc) is 2.87. The fourth-order valence-electron chi connectivity index (χ4n) is 1.73. The maximum absolute atomic E-state index is 12.4. The summed E-state index contributed by atoms with van der Waals surface area (Å²) < 4.78 is 46.2. The Morgan fingerprint density at radius 1 is 1.36 bits per heavy atom. The van der Waals surface area contributed by atoms with Gasteiger partial charge in [-0.15, -0.1) is 0 Å². The zero-order valence-corrected chi connectivity index (χ0v) is 11.5. The molecule has 0 aliphatic rings. The van der Waals surface area contributed by atoms with E-state index in [0.717, 1.165) is 0 Å². The number of amides is 1. The molecule has 1 heterocycles. The highest BCUT2D eigenvalue weighted by molar-refractivity contribution is 6.06. The second-order valence-corrected chi connectivity index (χ2v) is 4.37. The van der Waals surface area contributed by atoms with Gasteiger partial charge in [0.2, 0.25) is 5.76 Å². The van der Waals surface area contributed by atoms with Crippen LogP contribution in [0.15, 0.2) is 22.7 Å². The molecule has 0 radical (unpaired) electrons. The number of hydrogen-bond donors (Lipinski definition) is 2. The number of nitrogens with zero attached hydrogens (tertiary/aromatic N) is 1. The first-order valence-electron chi connectivity index (χ1n) is 5.95. The number of hydrogen-bond acceptors (Lipinski definition) is 5. The highest BCUT2D eigenvalue weighted by Gasteiger charge is 2.36. The summed E-state index contributed by atoms with van der Waals surface area (Å²) in [7, 11) is 1.38. The van der Waals surface area contributed by atoms with Gasteiger partial charge in [0, 0.05) is 6.07 Å². The Balaban J connectivity index is 2.24. The molecule has 2 aromatic rings. The van der Waals surface area contributed by atoms with Crippen LogP contribution in [-0.2, 0) is 6.18 Å². The number of phenolic OH excluding ortho intramolecular Hbond substituents is 1. The summed E-state index contributed by atoms with van der Waals surface area (Å²) in [4.78, 5) is 12.0. The number of aromatic hydroxyl groups is 1. The van der Waals surface area contributed by atoms with Gasteiger partial charge >= 0.3 is 6.18 Å². The first-order valence-corrected chi connectivity index (χ1v) is 5.95. The number of rotatable bonds is 3. The number of halogens is 3. The lowest BCUT2D eigenvalue weighted by molar-refractivity contribution is -0.155. The summed E-state index contributed by atoms with van der Waals surface area (Å²) >= 11 is 0. The minimum absolute atomic E-state index is 0.168.